The first-order valence-corrected chi connectivity index (χ1v) is 5.38. The number of nitrogens with zero attached hydrogens (tertiary/aromatic N) is 2. The molecule has 6 heteroatoms. The molecule has 0 aliphatic carbocycles. The number of ether oxygens (including phenoxy) is 2. The fraction of sp³-hybridized carbons (Fsp3) is 0.900. The fourth-order valence-corrected chi connectivity index (χ4v) is 3.12. The number of hydrogen-bond donors (Lipinski definition) is 0. The molecule has 6 nitrogen and oxygen atoms in total. The van der Waals surface area contributed by atoms with Crippen LogP contribution in [0.15, 0.2) is 5.29 Å². The number of hydrogen-bond acceptors (Lipinski definition) is 5. The average molecular weight is 228 g/mol. The Bertz CT molecular complexity index is 309. The Kier molecular flexibility index (Phi) is 2.84. The number of carbonyl (C=O) groups excluding carboxylic acids is 1. The van der Waals surface area contributed by atoms with Gasteiger partial charge in [0.05, 0.1) is 36.5 Å². The number of rotatable bonds is 4. The van der Waals surface area contributed by atoms with E-state index in [2.05, 4.69) is 5.29 Å². The van der Waals surface area contributed by atoms with Crippen molar-refractivity contribution < 1.29 is 14.3 Å². The maximum Gasteiger partial charge on any atom is 0.310 e. The lowest BCUT2D eigenvalue weighted by Gasteiger charge is -2.29. The zero-order valence-electron chi connectivity index (χ0n) is 9.51. The number of nitroso groups, excluding NO2 is 1. The van der Waals surface area contributed by atoms with Gasteiger partial charge in [-0.3, -0.25) is 4.79 Å². The molecule has 0 radical (unpaired) electrons. The molecule has 0 N–H and O–H groups in total. The number of esters is 1. The SMILES string of the molecule is COCC12CCC(C(C(=O)OC)C1)N2N=O. The molecule has 0 amide bonds. The van der Waals surface area contributed by atoms with Crippen LogP contribution in [0.3, 0.4) is 0 Å². The summed E-state index contributed by atoms with van der Waals surface area (Å²) in [6.45, 7) is 0.433. The van der Waals surface area contributed by atoms with Crippen LogP contribution >= 0.6 is 0 Å². The molecule has 2 aliphatic heterocycles. The molecule has 3 unspecified atom stereocenters. The van der Waals surface area contributed by atoms with Gasteiger partial charge < -0.3 is 9.47 Å². The second-order valence-corrected chi connectivity index (χ2v) is 4.52. The second kappa shape index (κ2) is 4.01. The summed E-state index contributed by atoms with van der Waals surface area (Å²) in [6, 6.07) is -0.111. The molecule has 0 aromatic heterocycles. The van der Waals surface area contributed by atoms with Crippen molar-refractivity contribution in [1.82, 2.24) is 5.01 Å². The topological polar surface area (TPSA) is 68.2 Å². The van der Waals surface area contributed by atoms with Gasteiger partial charge in [-0.15, -0.1) is 4.91 Å². The maximum absolute atomic E-state index is 11.6. The number of carbonyl (C=O) groups is 1. The van der Waals surface area contributed by atoms with Gasteiger partial charge in [-0.05, 0) is 19.3 Å². The second-order valence-electron chi connectivity index (χ2n) is 4.52. The minimum atomic E-state index is -0.389. The highest BCUT2D eigenvalue weighted by molar-refractivity contribution is 5.74. The molecular weight excluding hydrogens is 212 g/mol. The van der Waals surface area contributed by atoms with E-state index in [4.69, 9.17) is 9.47 Å². The monoisotopic (exact) mass is 228 g/mol. The van der Waals surface area contributed by atoms with Gasteiger partial charge in [0.1, 0.15) is 0 Å². The molecule has 2 heterocycles. The third-order valence-electron chi connectivity index (χ3n) is 3.77. The highest BCUT2D eigenvalue weighted by Crippen LogP contribution is 2.50. The molecule has 2 aliphatic rings. The minimum Gasteiger partial charge on any atom is -0.469 e. The first-order valence-electron chi connectivity index (χ1n) is 5.38. The summed E-state index contributed by atoms with van der Waals surface area (Å²) in [5.41, 5.74) is -0.389. The summed E-state index contributed by atoms with van der Waals surface area (Å²) in [7, 11) is 2.96. The van der Waals surface area contributed by atoms with Gasteiger partial charge in [0.15, 0.2) is 0 Å². The van der Waals surface area contributed by atoms with Gasteiger partial charge in [0.25, 0.3) is 0 Å². The average Bonchev–Trinajstić information content (AvgIpc) is 2.79. The molecule has 0 aromatic carbocycles. The largest absolute Gasteiger partial charge is 0.469 e. The van der Waals surface area contributed by atoms with Gasteiger partial charge in [-0.1, -0.05) is 0 Å². The molecule has 2 bridgehead atoms. The Morgan fingerprint density at radius 1 is 1.56 bits per heavy atom. The third kappa shape index (κ3) is 1.40. The zero-order valence-corrected chi connectivity index (χ0v) is 9.51. The van der Waals surface area contributed by atoms with E-state index in [1.165, 1.54) is 12.1 Å². The summed E-state index contributed by atoms with van der Waals surface area (Å²) in [6.07, 6.45) is 2.25. The predicted octanol–water partition coefficient (Wildman–Crippen LogP) is 0.710. The number of fused-ring (bicyclic) bond motifs is 2. The molecule has 0 spiro atoms. The summed E-state index contributed by atoms with van der Waals surface area (Å²) in [5.74, 6) is -0.497. The van der Waals surface area contributed by atoms with Crippen LogP contribution in [0.5, 0.6) is 0 Å². The molecular formula is C10H16N2O4. The van der Waals surface area contributed by atoms with Crippen molar-refractivity contribution in [2.24, 2.45) is 11.2 Å². The molecule has 2 fully saturated rings. The molecule has 16 heavy (non-hydrogen) atoms. The molecule has 0 saturated carbocycles. The van der Waals surface area contributed by atoms with Gasteiger partial charge in [0, 0.05) is 7.11 Å². The van der Waals surface area contributed by atoms with E-state index in [0.717, 1.165) is 12.8 Å². The van der Waals surface area contributed by atoms with Crippen LogP contribution in [0.1, 0.15) is 19.3 Å². The van der Waals surface area contributed by atoms with Crippen LogP contribution in [0.2, 0.25) is 0 Å². The van der Waals surface area contributed by atoms with Crippen LogP contribution in [0.4, 0.5) is 0 Å². The van der Waals surface area contributed by atoms with Crippen molar-refractivity contribution in [2.45, 2.75) is 30.8 Å². The van der Waals surface area contributed by atoms with E-state index >= 15 is 0 Å². The van der Waals surface area contributed by atoms with E-state index in [9.17, 15) is 9.70 Å². The van der Waals surface area contributed by atoms with Gasteiger partial charge >= 0.3 is 5.97 Å². The molecule has 2 rings (SSSR count). The zero-order chi connectivity index (χ0) is 11.8. The third-order valence-corrected chi connectivity index (χ3v) is 3.77. The Labute approximate surface area is 93.8 Å². The van der Waals surface area contributed by atoms with Crippen LogP contribution in [-0.4, -0.2) is 43.4 Å². The smallest absolute Gasteiger partial charge is 0.310 e. The molecule has 0 aromatic rings. The normalized spacial score (nSPS) is 36.5. The summed E-state index contributed by atoms with van der Waals surface area (Å²) in [4.78, 5) is 22.5. The van der Waals surface area contributed by atoms with Crippen LogP contribution in [0.25, 0.3) is 0 Å². The van der Waals surface area contributed by atoms with Crippen molar-refractivity contribution in [2.75, 3.05) is 20.8 Å². The molecule has 90 valence electrons. The highest BCUT2D eigenvalue weighted by Gasteiger charge is 2.60. The van der Waals surface area contributed by atoms with Crippen molar-refractivity contribution in [3.63, 3.8) is 0 Å². The standard InChI is InChI=1S/C10H16N2O4/c1-15-6-10-4-3-8(12(10)11-14)7(5-10)9(13)16-2/h7-8H,3-6H2,1-2H3. The lowest BCUT2D eigenvalue weighted by atomic mass is 9.81. The van der Waals surface area contributed by atoms with E-state index < -0.39 is 0 Å². The van der Waals surface area contributed by atoms with E-state index in [0.29, 0.717) is 13.0 Å². The Balaban J connectivity index is 2.22. The van der Waals surface area contributed by atoms with Crippen molar-refractivity contribution in [3.8, 4) is 0 Å². The summed E-state index contributed by atoms with van der Waals surface area (Å²) in [5, 5.41) is 4.58. The van der Waals surface area contributed by atoms with Crippen LogP contribution in [-0.2, 0) is 14.3 Å². The van der Waals surface area contributed by atoms with Crippen LogP contribution in [0, 0.1) is 10.8 Å². The molecule has 3 atom stereocenters. The quantitative estimate of drug-likeness (QED) is 0.523. The van der Waals surface area contributed by atoms with Crippen molar-refractivity contribution in [1.29, 1.82) is 0 Å². The van der Waals surface area contributed by atoms with Crippen LogP contribution < -0.4 is 0 Å². The Morgan fingerprint density at radius 2 is 2.31 bits per heavy atom. The first kappa shape index (κ1) is 11.3. The van der Waals surface area contributed by atoms with Gasteiger partial charge in [0.2, 0.25) is 0 Å². The summed E-state index contributed by atoms with van der Waals surface area (Å²) >= 11 is 0. The first-order chi connectivity index (χ1) is 7.68. The van der Waals surface area contributed by atoms with E-state index in [1.54, 1.807) is 7.11 Å². The van der Waals surface area contributed by atoms with Crippen molar-refractivity contribution in [3.05, 3.63) is 4.91 Å². The van der Waals surface area contributed by atoms with Crippen molar-refractivity contribution >= 4 is 5.97 Å². The Morgan fingerprint density at radius 3 is 2.88 bits per heavy atom. The van der Waals surface area contributed by atoms with Gasteiger partial charge in [-0.2, -0.15) is 0 Å². The summed E-state index contributed by atoms with van der Waals surface area (Å²) < 4.78 is 9.90. The predicted molar refractivity (Wildman–Crippen MR) is 55.4 cm³/mol. The number of methoxy groups -OCH3 is 2. The Hall–Kier alpha value is -1.17. The lowest BCUT2D eigenvalue weighted by Crippen LogP contribution is -2.41. The highest BCUT2D eigenvalue weighted by atomic mass is 16.5. The minimum absolute atomic E-state index is 0.111. The fourth-order valence-electron chi connectivity index (χ4n) is 3.12. The van der Waals surface area contributed by atoms with E-state index in [1.807, 2.05) is 0 Å². The van der Waals surface area contributed by atoms with E-state index in [-0.39, 0.29) is 23.5 Å². The molecule has 2 saturated heterocycles. The lowest BCUT2D eigenvalue weighted by molar-refractivity contribution is -0.146. The maximum atomic E-state index is 11.6. The van der Waals surface area contributed by atoms with Gasteiger partial charge in [-0.25, -0.2) is 5.01 Å².